The first-order valence-corrected chi connectivity index (χ1v) is 7.32. The molecule has 0 aliphatic rings. The molecule has 1 N–H and O–H groups in total. The number of nitrogens with one attached hydrogen (secondary N) is 1. The second kappa shape index (κ2) is 6.12. The van der Waals surface area contributed by atoms with E-state index in [0.29, 0.717) is 29.0 Å². The molecule has 118 valence electrons. The maximum absolute atomic E-state index is 13.8. The van der Waals surface area contributed by atoms with Crippen LogP contribution >= 0.6 is 0 Å². The van der Waals surface area contributed by atoms with Crippen LogP contribution in [-0.4, -0.2) is 12.5 Å². The smallest absolute Gasteiger partial charge is 0.291 e. The summed E-state index contributed by atoms with van der Waals surface area (Å²) in [5.41, 5.74) is 1.24. The summed E-state index contributed by atoms with van der Waals surface area (Å²) in [6.45, 7) is 4.08. The predicted molar refractivity (Wildman–Crippen MR) is 86.5 cm³/mol. The van der Waals surface area contributed by atoms with E-state index in [1.54, 1.807) is 37.3 Å². The zero-order chi connectivity index (χ0) is 16.4. The van der Waals surface area contributed by atoms with E-state index in [9.17, 15) is 9.18 Å². The number of halogens is 1. The van der Waals surface area contributed by atoms with E-state index >= 15 is 0 Å². The van der Waals surface area contributed by atoms with Crippen molar-refractivity contribution in [3.8, 4) is 5.75 Å². The molecule has 0 saturated carbocycles. The number of fused-ring (bicyclic) bond motifs is 1. The topological polar surface area (TPSA) is 51.5 Å². The monoisotopic (exact) mass is 313 g/mol. The van der Waals surface area contributed by atoms with Crippen LogP contribution in [0.3, 0.4) is 0 Å². The molecular formula is C18H16FNO3. The van der Waals surface area contributed by atoms with Gasteiger partial charge in [-0.25, -0.2) is 4.39 Å². The molecule has 1 amide bonds. The first-order valence-electron chi connectivity index (χ1n) is 7.32. The maximum Gasteiger partial charge on any atom is 0.291 e. The van der Waals surface area contributed by atoms with E-state index in [2.05, 4.69) is 5.32 Å². The highest BCUT2D eigenvalue weighted by molar-refractivity contribution is 6.07. The normalized spacial score (nSPS) is 10.7. The van der Waals surface area contributed by atoms with Gasteiger partial charge < -0.3 is 14.5 Å². The molecule has 0 aliphatic heterocycles. The molecule has 0 atom stereocenters. The van der Waals surface area contributed by atoms with Crippen LogP contribution < -0.4 is 10.1 Å². The molecule has 3 rings (SSSR count). The van der Waals surface area contributed by atoms with Crippen LogP contribution in [0.15, 0.2) is 46.9 Å². The highest BCUT2D eigenvalue weighted by Gasteiger charge is 2.20. The Morgan fingerprint density at radius 1 is 1.22 bits per heavy atom. The first-order chi connectivity index (χ1) is 11.1. The Morgan fingerprint density at radius 3 is 2.74 bits per heavy atom. The van der Waals surface area contributed by atoms with Crippen LogP contribution in [-0.2, 0) is 0 Å². The fraction of sp³-hybridized carbons (Fsp3) is 0.167. The van der Waals surface area contributed by atoms with E-state index in [4.69, 9.17) is 9.15 Å². The van der Waals surface area contributed by atoms with Crippen molar-refractivity contribution >= 4 is 22.6 Å². The van der Waals surface area contributed by atoms with Crippen molar-refractivity contribution in [2.24, 2.45) is 0 Å². The summed E-state index contributed by atoms with van der Waals surface area (Å²) in [5.74, 6) is -0.260. The van der Waals surface area contributed by atoms with Crippen LogP contribution in [0.2, 0.25) is 0 Å². The Kier molecular flexibility index (Phi) is 4.02. The van der Waals surface area contributed by atoms with Gasteiger partial charge in [-0.15, -0.1) is 0 Å². The number of amides is 1. The highest BCUT2D eigenvalue weighted by Crippen LogP contribution is 2.29. The van der Waals surface area contributed by atoms with Crippen molar-refractivity contribution in [3.05, 3.63) is 59.6 Å². The molecule has 3 aromatic rings. The van der Waals surface area contributed by atoms with Gasteiger partial charge in [-0.2, -0.15) is 0 Å². The van der Waals surface area contributed by atoms with Crippen molar-refractivity contribution in [2.45, 2.75) is 13.8 Å². The molecule has 0 bridgehead atoms. The number of carbonyl (C=O) groups is 1. The lowest BCUT2D eigenvalue weighted by molar-refractivity contribution is 0.0997. The third-order valence-corrected chi connectivity index (χ3v) is 3.56. The maximum atomic E-state index is 13.8. The minimum atomic E-state index is -0.487. The van der Waals surface area contributed by atoms with E-state index in [1.807, 2.05) is 13.0 Å². The van der Waals surface area contributed by atoms with Gasteiger partial charge >= 0.3 is 0 Å². The lowest BCUT2D eigenvalue weighted by atomic mass is 10.1. The number of hydrogen-bond acceptors (Lipinski definition) is 3. The fourth-order valence-corrected chi connectivity index (χ4v) is 2.46. The summed E-state index contributed by atoms with van der Waals surface area (Å²) in [6, 6.07) is 11.7. The number of para-hydroxylation sites is 3. The van der Waals surface area contributed by atoms with Crippen molar-refractivity contribution in [2.75, 3.05) is 11.9 Å². The lowest BCUT2D eigenvalue weighted by Gasteiger charge is -2.10. The molecule has 0 radical (unpaired) electrons. The number of hydrogen-bond donors (Lipinski definition) is 1. The van der Waals surface area contributed by atoms with Crippen molar-refractivity contribution in [3.63, 3.8) is 0 Å². The van der Waals surface area contributed by atoms with Crippen LogP contribution in [0.1, 0.15) is 23.0 Å². The van der Waals surface area contributed by atoms with Gasteiger partial charge in [0.05, 0.1) is 12.3 Å². The summed E-state index contributed by atoms with van der Waals surface area (Å²) in [6.07, 6.45) is 0. The molecule has 2 aromatic carbocycles. The van der Waals surface area contributed by atoms with Crippen LogP contribution in [0.25, 0.3) is 11.0 Å². The molecule has 0 fully saturated rings. The highest BCUT2D eigenvalue weighted by atomic mass is 19.1. The molecule has 4 nitrogen and oxygen atoms in total. The van der Waals surface area contributed by atoms with E-state index in [-0.39, 0.29) is 11.3 Å². The van der Waals surface area contributed by atoms with Crippen LogP contribution in [0.4, 0.5) is 10.1 Å². The standard InChI is InChI=1S/C18H16FNO3/c1-3-22-15-10-5-4-9-14(15)20-18(21)16-11(2)12-7-6-8-13(19)17(12)23-16/h4-10H,3H2,1-2H3,(H,20,21). The van der Waals surface area contributed by atoms with Gasteiger partial charge in [0.1, 0.15) is 5.75 Å². The third-order valence-electron chi connectivity index (χ3n) is 3.56. The summed E-state index contributed by atoms with van der Waals surface area (Å²) in [7, 11) is 0. The molecular weight excluding hydrogens is 297 g/mol. The average Bonchev–Trinajstić information content (AvgIpc) is 2.88. The fourth-order valence-electron chi connectivity index (χ4n) is 2.46. The minimum absolute atomic E-state index is 0.0910. The molecule has 23 heavy (non-hydrogen) atoms. The number of anilines is 1. The summed E-state index contributed by atoms with van der Waals surface area (Å²) < 4.78 is 24.7. The molecule has 0 unspecified atom stereocenters. The Balaban J connectivity index is 1.96. The van der Waals surface area contributed by atoms with E-state index in [0.717, 1.165) is 0 Å². The van der Waals surface area contributed by atoms with E-state index in [1.165, 1.54) is 6.07 Å². The zero-order valence-corrected chi connectivity index (χ0v) is 12.9. The second-order valence-electron chi connectivity index (χ2n) is 5.06. The number of furan rings is 1. The summed E-state index contributed by atoms with van der Waals surface area (Å²) in [5, 5.41) is 3.34. The van der Waals surface area contributed by atoms with Crippen LogP contribution in [0, 0.1) is 12.7 Å². The Labute approximate surface area is 132 Å². The number of aryl methyl sites for hydroxylation is 1. The molecule has 1 heterocycles. The number of rotatable bonds is 4. The Bertz CT molecular complexity index is 870. The quantitative estimate of drug-likeness (QED) is 0.770. The summed E-state index contributed by atoms with van der Waals surface area (Å²) in [4.78, 5) is 12.5. The van der Waals surface area contributed by atoms with Gasteiger partial charge in [0.15, 0.2) is 17.2 Å². The molecule has 5 heteroatoms. The molecule has 0 aliphatic carbocycles. The zero-order valence-electron chi connectivity index (χ0n) is 12.9. The SMILES string of the molecule is CCOc1ccccc1NC(=O)c1oc2c(F)cccc2c1C. The molecule has 1 aromatic heterocycles. The molecule has 0 saturated heterocycles. The van der Waals surface area contributed by atoms with Crippen LogP contribution in [0.5, 0.6) is 5.75 Å². The minimum Gasteiger partial charge on any atom is -0.492 e. The second-order valence-corrected chi connectivity index (χ2v) is 5.06. The summed E-state index contributed by atoms with van der Waals surface area (Å²) >= 11 is 0. The van der Waals surface area contributed by atoms with Crippen molar-refractivity contribution in [1.29, 1.82) is 0 Å². The number of ether oxygens (including phenoxy) is 1. The van der Waals surface area contributed by atoms with Gasteiger partial charge in [-0.3, -0.25) is 4.79 Å². The molecule has 0 spiro atoms. The van der Waals surface area contributed by atoms with Gasteiger partial charge in [0.2, 0.25) is 0 Å². The third kappa shape index (κ3) is 2.77. The Morgan fingerprint density at radius 2 is 2.00 bits per heavy atom. The lowest BCUT2D eigenvalue weighted by Crippen LogP contribution is -2.13. The average molecular weight is 313 g/mol. The van der Waals surface area contributed by atoms with Crippen molar-refractivity contribution < 1.29 is 18.3 Å². The Hall–Kier alpha value is -2.82. The largest absolute Gasteiger partial charge is 0.492 e. The van der Waals surface area contributed by atoms with Gasteiger partial charge in [-0.05, 0) is 32.0 Å². The number of benzene rings is 2. The van der Waals surface area contributed by atoms with Gasteiger partial charge in [0, 0.05) is 10.9 Å². The van der Waals surface area contributed by atoms with Gasteiger partial charge in [-0.1, -0.05) is 24.3 Å². The number of carbonyl (C=O) groups excluding carboxylic acids is 1. The first kappa shape index (κ1) is 15.1. The van der Waals surface area contributed by atoms with E-state index < -0.39 is 11.7 Å². The van der Waals surface area contributed by atoms with Crippen molar-refractivity contribution in [1.82, 2.24) is 0 Å². The predicted octanol–water partition coefficient (Wildman–Crippen LogP) is 4.53. The van der Waals surface area contributed by atoms with Gasteiger partial charge in [0.25, 0.3) is 5.91 Å².